The summed E-state index contributed by atoms with van der Waals surface area (Å²) in [6, 6.07) is 7.19. The Hall–Kier alpha value is -2.49. The molecule has 0 saturated heterocycles. The lowest BCUT2D eigenvalue weighted by atomic mass is 10.2. The smallest absolute Gasteiger partial charge is 0.255 e. The summed E-state index contributed by atoms with van der Waals surface area (Å²) in [5.41, 5.74) is 0.930. The maximum absolute atomic E-state index is 12.8. The highest BCUT2D eigenvalue weighted by Gasteiger charge is 2.26. The number of amides is 2. The predicted molar refractivity (Wildman–Crippen MR) is 116 cm³/mol. The number of pyridine rings is 1. The molecule has 10 heteroatoms. The first-order valence-corrected chi connectivity index (χ1v) is 11.0. The second-order valence-electron chi connectivity index (χ2n) is 7.18. The van der Waals surface area contributed by atoms with Gasteiger partial charge >= 0.3 is 0 Å². The zero-order valence-corrected chi connectivity index (χ0v) is 19.1. The molecular weight excluding hydrogens is 428 g/mol. The van der Waals surface area contributed by atoms with Gasteiger partial charge in [0.2, 0.25) is 15.9 Å². The van der Waals surface area contributed by atoms with Gasteiger partial charge in [-0.25, -0.2) is 13.4 Å². The molecule has 0 aliphatic heterocycles. The fourth-order valence-electron chi connectivity index (χ4n) is 2.55. The van der Waals surface area contributed by atoms with Gasteiger partial charge in [-0.1, -0.05) is 11.6 Å². The van der Waals surface area contributed by atoms with Crippen molar-refractivity contribution in [2.24, 2.45) is 0 Å². The van der Waals surface area contributed by atoms with Crippen molar-refractivity contribution in [2.75, 3.05) is 26.0 Å². The number of hydrogen-bond donors (Lipinski definition) is 1. The summed E-state index contributed by atoms with van der Waals surface area (Å²) in [5.74, 6) is -0.635. The Morgan fingerprint density at radius 3 is 2.43 bits per heavy atom. The fraction of sp³-hybridized carbons (Fsp3) is 0.350. The molecule has 30 heavy (non-hydrogen) atoms. The number of anilines is 1. The average molecular weight is 453 g/mol. The number of hydrogen-bond acceptors (Lipinski definition) is 5. The highest BCUT2D eigenvalue weighted by molar-refractivity contribution is 7.89. The molecule has 0 unspecified atom stereocenters. The Morgan fingerprint density at radius 2 is 1.83 bits per heavy atom. The number of carbonyl (C=O) groups is 2. The van der Waals surface area contributed by atoms with Crippen molar-refractivity contribution in [1.82, 2.24) is 14.2 Å². The molecule has 1 aromatic carbocycles. The lowest BCUT2D eigenvalue weighted by Gasteiger charge is -2.22. The standard InChI is InChI=1S/C20H25ClN4O4S/c1-13(2)25(5)30(28,29)15-6-7-17(21)16(11-15)20(27)24(4)12-19(26)23-18-10-14(3)8-9-22-18/h6-11,13H,12H2,1-5H3,(H,22,23,26). The van der Waals surface area contributed by atoms with Crippen LogP contribution in [0.2, 0.25) is 5.02 Å². The van der Waals surface area contributed by atoms with E-state index >= 15 is 0 Å². The van der Waals surface area contributed by atoms with Crippen LogP contribution in [0.5, 0.6) is 0 Å². The van der Waals surface area contributed by atoms with E-state index in [2.05, 4.69) is 10.3 Å². The number of halogens is 1. The van der Waals surface area contributed by atoms with E-state index in [1.54, 1.807) is 32.2 Å². The van der Waals surface area contributed by atoms with Crippen LogP contribution in [-0.2, 0) is 14.8 Å². The van der Waals surface area contributed by atoms with E-state index in [1.807, 2.05) is 6.92 Å². The summed E-state index contributed by atoms with van der Waals surface area (Å²) in [6.45, 7) is 5.10. The molecule has 0 bridgehead atoms. The van der Waals surface area contributed by atoms with Crippen LogP contribution in [0.4, 0.5) is 5.82 Å². The van der Waals surface area contributed by atoms with Gasteiger partial charge in [0.15, 0.2) is 0 Å². The monoisotopic (exact) mass is 452 g/mol. The van der Waals surface area contributed by atoms with Crippen LogP contribution in [0.1, 0.15) is 29.8 Å². The fourth-order valence-corrected chi connectivity index (χ4v) is 4.15. The van der Waals surface area contributed by atoms with Crippen LogP contribution in [0.3, 0.4) is 0 Å². The molecule has 0 saturated carbocycles. The van der Waals surface area contributed by atoms with Crippen molar-refractivity contribution in [3.8, 4) is 0 Å². The summed E-state index contributed by atoms with van der Waals surface area (Å²) < 4.78 is 26.7. The summed E-state index contributed by atoms with van der Waals surface area (Å²) in [6.07, 6.45) is 1.57. The van der Waals surface area contributed by atoms with Crippen LogP contribution in [0, 0.1) is 6.92 Å². The Labute approximate surface area is 181 Å². The highest BCUT2D eigenvalue weighted by Crippen LogP contribution is 2.24. The first kappa shape index (κ1) is 23.8. The average Bonchev–Trinajstić information content (AvgIpc) is 2.66. The number of nitrogens with one attached hydrogen (secondary N) is 1. The Kier molecular flexibility index (Phi) is 7.57. The molecule has 0 atom stereocenters. The lowest BCUT2D eigenvalue weighted by Crippen LogP contribution is -2.36. The van der Waals surface area contributed by atoms with Gasteiger partial charge in [-0.15, -0.1) is 0 Å². The van der Waals surface area contributed by atoms with E-state index in [1.165, 1.54) is 36.6 Å². The molecule has 2 amide bonds. The zero-order valence-electron chi connectivity index (χ0n) is 17.5. The third-order valence-electron chi connectivity index (χ3n) is 4.48. The van der Waals surface area contributed by atoms with Gasteiger partial charge in [0.05, 0.1) is 22.0 Å². The van der Waals surface area contributed by atoms with Gasteiger partial charge in [0.25, 0.3) is 5.91 Å². The Balaban J connectivity index is 2.20. The van der Waals surface area contributed by atoms with Crippen molar-refractivity contribution >= 4 is 39.3 Å². The van der Waals surface area contributed by atoms with E-state index in [0.717, 1.165) is 10.5 Å². The first-order chi connectivity index (χ1) is 13.9. The normalized spacial score (nSPS) is 11.6. The number of aryl methyl sites for hydroxylation is 1. The second-order valence-corrected chi connectivity index (χ2v) is 9.59. The largest absolute Gasteiger partial charge is 0.332 e. The predicted octanol–water partition coefficient (Wildman–Crippen LogP) is 2.78. The molecule has 1 heterocycles. The third kappa shape index (κ3) is 5.56. The molecule has 1 aromatic heterocycles. The minimum absolute atomic E-state index is 0.00104. The maximum Gasteiger partial charge on any atom is 0.255 e. The molecular formula is C20H25ClN4O4S. The number of likely N-dealkylation sites (N-methyl/N-ethyl adjacent to an activating group) is 1. The number of aromatic nitrogens is 1. The molecule has 8 nitrogen and oxygen atoms in total. The SMILES string of the molecule is Cc1ccnc(NC(=O)CN(C)C(=O)c2cc(S(=O)(=O)N(C)C(C)C)ccc2Cl)c1. The van der Waals surface area contributed by atoms with Crippen molar-refractivity contribution in [1.29, 1.82) is 0 Å². The molecule has 1 N–H and O–H groups in total. The maximum atomic E-state index is 12.8. The molecule has 0 aliphatic carbocycles. The minimum Gasteiger partial charge on any atom is -0.332 e. The summed E-state index contributed by atoms with van der Waals surface area (Å²) in [5, 5.41) is 2.71. The number of rotatable bonds is 7. The number of nitrogens with zero attached hydrogens (tertiary/aromatic N) is 3. The van der Waals surface area contributed by atoms with Crippen LogP contribution in [0.25, 0.3) is 0 Å². The van der Waals surface area contributed by atoms with Crippen molar-refractivity contribution in [3.63, 3.8) is 0 Å². The zero-order chi connectivity index (χ0) is 22.6. The van der Waals surface area contributed by atoms with Gasteiger partial charge in [0.1, 0.15) is 5.82 Å². The van der Waals surface area contributed by atoms with Gasteiger partial charge in [-0.3, -0.25) is 9.59 Å². The second kappa shape index (κ2) is 9.55. The van der Waals surface area contributed by atoms with E-state index < -0.39 is 21.8 Å². The van der Waals surface area contributed by atoms with E-state index in [0.29, 0.717) is 5.82 Å². The number of carbonyl (C=O) groups excluding carboxylic acids is 2. The molecule has 0 fully saturated rings. The first-order valence-electron chi connectivity index (χ1n) is 9.19. The van der Waals surface area contributed by atoms with Gasteiger partial charge < -0.3 is 10.2 Å². The van der Waals surface area contributed by atoms with Crippen LogP contribution < -0.4 is 5.32 Å². The van der Waals surface area contributed by atoms with Gasteiger partial charge in [-0.2, -0.15) is 4.31 Å². The number of benzene rings is 1. The molecule has 2 aromatic rings. The van der Waals surface area contributed by atoms with Crippen molar-refractivity contribution in [2.45, 2.75) is 31.7 Å². The van der Waals surface area contributed by atoms with Crippen LogP contribution >= 0.6 is 11.6 Å². The Bertz CT molecular complexity index is 1060. The van der Waals surface area contributed by atoms with Gasteiger partial charge in [-0.05, 0) is 56.7 Å². The van der Waals surface area contributed by atoms with Gasteiger partial charge in [0, 0.05) is 26.3 Å². The van der Waals surface area contributed by atoms with Crippen molar-refractivity contribution < 1.29 is 18.0 Å². The molecule has 162 valence electrons. The number of sulfonamides is 1. The van der Waals surface area contributed by atoms with Crippen molar-refractivity contribution in [3.05, 3.63) is 52.7 Å². The Morgan fingerprint density at radius 1 is 1.17 bits per heavy atom. The molecule has 0 spiro atoms. The molecule has 0 aliphatic rings. The lowest BCUT2D eigenvalue weighted by molar-refractivity contribution is -0.116. The molecule has 2 rings (SSSR count). The van der Waals surface area contributed by atoms with Crippen LogP contribution in [-0.4, -0.2) is 61.1 Å². The third-order valence-corrected chi connectivity index (χ3v) is 6.84. The van der Waals surface area contributed by atoms with E-state index in [-0.39, 0.29) is 28.1 Å². The minimum atomic E-state index is -3.79. The summed E-state index contributed by atoms with van der Waals surface area (Å²) >= 11 is 6.14. The summed E-state index contributed by atoms with van der Waals surface area (Å²) in [7, 11) is -0.890. The van der Waals surface area contributed by atoms with E-state index in [9.17, 15) is 18.0 Å². The van der Waals surface area contributed by atoms with E-state index in [4.69, 9.17) is 11.6 Å². The summed E-state index contributed by atoms with van der Waals surface area (Å²) in [4.78, 5) is 30.3. The quantitative estimate of drug-likeness (QED) is 0.696. The highest BCUT2D eigenvalue weighted by atomic mass is 35.5. The van der Waals surface area contributed by atoms with Crippen LogP contribution in [0.15, 0.2) is 41.4 Å². The topological polar surface area (TPSA) is 99.7 Å². The molecule has 0 radical (unpaired) electrons.